The molecule has 12 heteroatoms. The summed E-state index contributed by atoms with van der Waals surface area (Å²) in [4.78, 5) is 24.8. The van der Waals surface area contributed by atoms with Crippen LogP contribution in [0.15, 0.2) is 64.4 Å². The number of carbonyl (C=O) groups is 2. The van der Waals surface area contributed by atoms with Gasteiger partial charge in [0, 0.05) is 22.4 Å². The second kappa shape index (κ2) is 7.24. The lowest BCUT2D eigenvalue weighted by molar-refractivity contribution is 0.0979. The number of nitrogens with two attached hydrogens (primary N) is 1. The summed E-state index contributed by atoms with van der Waals surface area (Å²) in [6.45, 7) is 0. The Labute approximate surface area is 182 Å². The first-order chi connectivity index (χ1) is 14.9. The fourth-order valence-electron chi connectivity index (χ4n) is 3.49. The highest BCUT2D eigenvalue weighted by Gasteiger charge is 2.34. The monoisotopic (exact) mass is 474 g/mol. The Kier molecular flexibility index (Phi) is 4.90. The number of hydrogen-bond donors (Lipinski definition) is 4. The fraction of sp³-hybridized carbons (Fsp3) is 0. The molecule has 0 heterocycles. The molecule has 0 atom stereocenters. The van der Waals surface area contributed by atoms with Gasteiger partial charge in [-0.15, -0.1) is 0 Å². The van der Waals surface area contributed by atoms with Gasteiger partial charge in [-0.3, -0.25) is 18.7 Å². The standard InChI is InChI=1S/C20H14N2O8S2/c21-14-7-5-10(9-16(14)32(28,29)30)22-18-15(31(25,26)27)8-6-13-17(18)20(24)12-4-2-1-3-11(12)19(13)23/h1-9,22H,21H2,(H,25,26,27)(H,28,29,30). The van der Waals surface area contributed by atoms with E-state index in [1.54, 1.807) is 6.07 Å². The van der Waals surface area contributed by atoms with Crippen molar-refractivity contribution in [3.05, 3.63) is 76.9 Å². The van der Waals surface area contributed by atoms with Crippen molar-refractivity contribution in [1.82, 2.24) is 0 Å². The van der Waals surface area contributed by atoms with E-state index in [0.29, 0.717) is 0 Å². The van der Waals surface area contributed by atoms with E-state index < -0.39 is 47.3 Å². The average Bonchev–Trinajstić information content (AvgIpc) is 2.71. The summed E-state index contributed by atoms with van der Waals surface area (Å²) in [5, 5.41) is 2.59. The summed E-state index contributed by atoms with van der Waals surface area (Å²) >= 11 is 0. The van der Waals surface area contributed by atoms with Crippen LogP contribution < -0.4 is 11.1 Å². The number of nitrogens with one attached hydrogen (secondary N) is 1. The van der Waals surface area contributed by atoms with Crippen LogP contribution >= 0.6 is 0 Å². The normalized spacial score (nSPS) is 13.4. The van der Waals surface area contributed by atoms with Gasteiger partial charge in [-0.1, -0.05) is 24.3 Å². The number of rotatable bonds is 4. The number of ketones is 2. The van der Waals surface area contributed by atoms with Gasteiger partial charge in [-0.2, -0.15) is 16.8 Å². The number of anilines is 3. The Bertz CT molecular complexity index is 1540. The van der Waals surface area contributed by atoms with E-state index in [9.17, 15) is 35.5 Å². The molecule has 0 unspecified atom stereocenters. The van der Waals surface area contributed by atoms with Crippen LogP contribution in [0.3, 0.4) is 0 Å². The van der Waals surface area contributed by atoms with Crippen LogP contribution in [-0.2, 0) is 20.2 Å². The second-order valence-electron chi connectivity index (χ2n) is 6.89. The highest BCUT2D eigenvalue weighted by Crippen LogP contribution is 2.38. The molecule has 0 bridgehead atoms. The Morgan fingerprint density at radius 2 is 1.31 bits per heavy atom. The Balaban J connectivity index is 1.99. The molecule has 0 radical (unpaired) electrons. The summed E-state index contributed by atoms with van der Waals surface area (Å²) in [6, 6.07) is 11.4. The van der Waals surface area contributed by atoms with Gasteiger partial charge in [0.1, 0.15) is 9.79 Å². The molecule has 0 fully saturated rings. The first-order valence-corrected chi connectivity index (χ1v) is 11.7. The molecule has 0 saturated heterocycles. The predicted molar refractivity (Wildman–Crippen MR) is 114 cm³/mol. The highest BCUT2D eigenvalue weighted by atomic mass is 32.2. The van der Waals surface area contributed by atoms with Crippen molar-refractivity contribution in [3.63, 3.8) is 0 Å². The SMILES string of the molecule is Nc1ccc(Nc2c(S(=O)(=O)O)ccc3c2C(=O)c2ccccc2C3=O)cc1S(=O)(=O)O. The minimum atomic E-state index is -4.87. The van der Waals surface area contributed by atoms with Gasteiger partial charge < -0.3 is 11.1 Å². The molecule has 0 amide bonds. The van der Waals surface area contributed by atoms with Gasteiger partial charge >= 0.3 is 0 Å². The maximum absolute atomic E-state index is 13.2. The van der Waals surface area contributed by atoms with Crippen LogP contribution in [0, 0.1) is 0 Å². The number of benzene rings is 3. The summed E-state index contributed by atoms with van der Waals surface area (Å²) in [6.07, 6.45) is 0. The Morgan fingerprint density at radius 1 is 0.719 bits per heavy atom. The van der Waals surface area contributed by atoms with Crippen molar-refractivity contribution in [2.45, 2.75) is 9.79 Å². The molecule has 3 aromatic rings. The zero-order valence-corrected chi connectivity index (χ0v) is 17.6. The lowest BCUT2D eigenvalue weighted by atomic mass is 9.83. The summed E-state index contributed by atoms with van der Waals surface area (Å²) in [5.74, 6) is -1.20. The molecule has 3 aromatic carbocycles. The van der Waals surface area contributed by atoms with E-state index in [1.165, 1.54) is 24.3 Å². The molecule has 0 aliphatic heterocycles. The largest absolute Gasteiger partial charge is 0.398 e. The van der Waals surface area contributed by atoms with Gasteiger partial charge in [0.25, 0.3) is 20.2 Å². The molecule has 0 aromatic heterocycles. The van der Waals surface area contributed by atoms with Crippen LogP contribution in [0.2, 0.25) is 0 Å². The molecule has 4 rings (SSSR count). The van der Waals surface area contributed by atoms with Crippen LogP contribution in [0.5, 0.6) is 0 Å². The molecule has 32 heavy (non-hydrogen) atoms. The van der Waals surface area contributed by atoms with E-state index in [-0.39, 0.29) is 33.6 Å². The minimum absolute atomic E-state index is 0.0384. The van der Waals surface area contributed by atoms with Crippen LogP contribution in [-0.4, -0.2) is 37.5 Å². The smallest absolute Gasteiger partial charge is 0.296 e. The third kappa shape index (κ3) is 3.54. The van der Waals surface area contributed by atoms with Gasteiger partial charge in [0.2, 0.25) is 0 Å². The average molecular weight is 474 g/mol. The van der Waals surface area contributed by atoms with Crippen molar-refractivity contribution < 1.29 is 35.5 Å². The van der Waals surface area contributed by atoms with Crippen molar-refractivity contribution in [2.75, 3.05) is 11.1 Å². The predicted octanol–water partition coefficient (Wildman–Crippen LogP) is 2.28. The van der Waals surface area contributed by atoms with Crippen LogP contribution in [0.4, 0.5) is 17.1 Å². The summed E-state index contributed by atoms with van der Waals surface area (Å²) < 4.78 is 66.2. The van der Waals surface area contributed by atoms with Crippen molar-refractivity contribution in [1.29, 1.82) is 0 Å². The zero-order valence-electron chi connectivity index (χ0n) is 15.9. The number of hydrogen-bond acceptors (Lipinski definition) is 8. The molecule has 0 spiro atoms. The van der Waals surface area contributed by atoms with Gasteiger partial charge in [0.05, 0.1) is 16.9 Å². The topological polar surface area (TPSA) is 181 Å². The van der Waals surface area contributed by atoms with Gasteiger partial charge in [-0.25, -0.2) is 0 Å². The van der Waals surface area contributed by atoms with Gasteiger partial charge in [0.15, 0.2) is 11.6 Å². The van der Waals surface area contributed by atoms with E-state index in [0.717, 1.165) is 24.3 Å². The van der Waals surface area contributed by atoms with Crippen LogP contribution in [0.25, 0.3) is 0 Å². The number of fused-ring (bicyclic) bond motifs is 2. The molecular formula is C20H14N2O8S2. The first-order valence-electron chi connectivity index (χ1n) is 8.86. The van der Waals surface area contributed by atoms with Gasteiger partial charge in [-0.05, 0) is 30.3 Å². The summed E-state index contributed by atoms with van der Waals surface area (Å²) in [7, 11) is -9.59. The Hall–Kier alpha value is -3.58. The minimum Gasteiger partial charge on any atom is -0.398 e. The van der Waals surface area contributed by atoms with Crippen molar-refractivity contribution in [2.24, 2.45) is 0 Å². The first kappa shape index (κ1) is 21.6. The maximum atomic E-state index is 13.2. The van der Waals surface area contributed by atoms with Crippen molar-refractivity contribution >= 4 is 48.9 Å². The van der Waals surface area contributed by atoms with E-state index in [2.05, 4.69) is 5.32 Å². The van der Waals surface area contributed by atoms with E-state index >= 15 is 0 Å². The third-order valence-electron chi connectivity index (χ3n) is 4.89. The number of nitrogen functional groups attached to an aromatic ring is 1. The van der Waals surface area contributed by atoms with Crippen LogP contribution in [0.1, 0.15) is 31.8 Å². The van der Waals surface area contributed by atoms with E-state index in [1.807, 2.05) is 0 Å². The molecule has 1 aliphatic rings. The maximum Gasteiger partial charge on any atom is 0.296 e. The molecule has 0 saturated carbocycles. The van der Waals surface area contributed by atoms with E-state index in [4.69, 9.17) is 5.73 Å². The third-order valence-corrected chi connectivity index (χ3v) is 6.70. The molecule has 1 aliphatic carbocycles. The summed E-state index contributed by atoms with van der Waals surface area (Å²) in [5.41, 5.74) is 4.55. The fourth-order valence-corrected chi connectivity index (χ4v) is 4.78. The molecule has 10 nitrogen and oxygen atoms in total. The Morgan fingerprint density at radius 3 is 1.91 bits per heavy atom. The second-order valence-corrected chi connectivity index (χ2v) is 9.67. The van der Waals surface area contributed by atoms with Crippen molar-refractivity contribution in [3.8, 4) is 0 Å². The molecule has 5 N–H and O–H groups in total. The quantitative estimate of drug-likeness (QED) is 0.253. The number of carbonyl (C=O) groups excluding carboxylic acids is 2. The lowest BCUT2D eigenvalue weighted by Gasteiger charge is -2.22. The lowest BCUT2D eigenvalue weighted by Crippen LogP contribution is -2.23. The molecule has 164 valence electrons. The highest BCUT2D eigenvalue weighted by molar-refractivity contribution is 7.86. The zero-order chi connectivity index (χ0) is 23.4. The molecular weight excluding hydrogens is 460 g/mol.